The maximum absolute atomic E-state index is 14.7. The predicted octanol–water partition coefficient (Wildman–Crippen LogP) is 9.61. The van der Waals surface area contributed by atoms with Crippen LogP contribution < -0.4 is 4.74 Å². The van der Waals surface area contributed by atoms with Crippen LogP contribution in [0.3, 0.4) is 0 Å². The summed E-state index contributed by atoms with van der Waals surface area (Å²) in [6.45, 7) is 4.42. The Morgan fingerprint density at radius 1 is 0.735 bits per heavy atom. The summed E-state index contributed by atoms with van der Waals surface area (Å²) < 4.78 is 34.2. The lowest BCUT2D eigenvalue weighted by molar-refractivity contribution is 0.127. The zero-order chi connectivity index (χ0) is 23.9. The molecule has 0 saturated heterocycles. The summed E-state index contributed by atoms with van der Waals surface area (Å²) >= 11 is 0. The van der Waals surface area contributed by atoms with Crippen molar-refractivity contribution in [3.63, 3.8) is 0 Å². The first kappa shape index (κ1) is 25.7. The highest BCUT2D eigenvalue weighted by molar-refractivity contribution is 5.35. The fourth-order valence-corrected chi connectivity index (χ4v) is 7.27. The highest BCUT2D eigenvalue weighted by Gasteiger charge is 2.34. The second kappa shape index (κ2) is 12.5. The summed E-state index contributed by atoms with van der Waals surface area (Å²) in [4.78, 5) is 0. The summed E-state index contributed by atoms with van der Waals surface area (Å²) in [5.41, 5.74) is 0.477. The van der Waals surface area contributed by atoms with Crippen LogP contribution in [0.2, 0.25) is 0 Å². The van der Waals surface area contributed by atoms with E-state index in [9.17, 15) is 8.78 Å². The summed E-state index contributed by atoms with van der Waals surface area (Å²) in [6.07, 6.45) is 23.6. The lowest BCUT2D eigenvalue weighted by Crippen LogP contribution is -2.28. The van der Waals surface area contributed by atoms with Crippen molar-refractivity contribution in [1.29, 1.82) is 0 Å². The Hall–Kier alpha value is -1.38. The minimum atomic E-state index is -0.844. The number of allylic oxidation sites excluding steroid dienone is 2. The highest BCUT2D eigenvalue weighted by Crippen LogP contribution is 2.46. The smallest absolute Gasteiger partial charge is 0.200 e. The van der Waals surface area contributed by atoms with E-state index in [4.69, 9.17) is 4.74 Å². The SMILES string of the molecule is CCCCCC1CCC(C2CCC(C3C=CC(c4ccc(OCC)c(F)c4F)CC3)CC2)CC1. The lowest BCUT2D eigenvalue weighted by atomic mass is 9.66. The van der Waals surface area contributed by atoms with Crippen LogP contribution in [0.5, 0.6) is 5.75 Å². The van der Waals surface area contributed by atoms with Crippen LogP contribution in [0.4, 0.5) is 8.78 Å². The first-order valence-electron chi connectivity index (χ1n) is 14.4. The molecule has 34 heavy (non-hydrogen) atoms. The van der Waals surface area contributed by atoms with E-state index in [1.807, 2.05) is 0 Å². The first-order valence-corrected chi connectivity index (χ1v) is 14.4. The fourth-order valence-electron chi connectivity index (χ4n) is 7.27. The molecule has 0 heterocycles. The van der Waals surface area contributed by atoms with Crippen molar-refractivity contribution in [3.8, 4) is 5.75 Å². The third-order valence-electron chi connectivity index (χ3n) is 9.37. The van der Waals surface area contributed by atoms with Crippen molar-refractivity contribution in [3.05, 3.63) is 41.5 Å². The van der Waals surface area contributed by atoms with Gasteiger partial charge in [-0.25, -0.2) is 4.39 Å². The molecule has 1 aromatic rings. The van der Waals surface area contributed by atoms with E-state index in [-0.39, 0.29) is 11.7 Å². The first-order chi connectivity index (χ1) is 16.6. The van der Waals surface area contributed by atoms with Crippen LogP contribution >= 0.6 is 0 Å². The second-order valence-corrected chi connectivity index (χ2v) is 11.4. The molecular formula is C31H46F2O. The van der Waals surface area contributed by atoms with Gasteiger partial charge in [0.15, 0.2) is 11.6 Å². The molecule has 0 bridgehead atoms. The summed E-state index contributed by atoms with van der Waals surface area (Å²) in [7, 11) is 0. The third kappa shape index (κ3) is 6.24. The highest BCUT2D eigenvalue weighted by atomic mass is 19.2. The molecular weight excluding hydrogens is 426 g/mol. The molecule has 3 aliphatic rings. The number of unbranched alkanes of at least 4 members (excludes halogenated alkanes) is 2. The van der Waals surface area contributed by atoms with Crippen molar-refractivity contribution in [2.24, 2.45) is 29.6 Å². The quantitative estimate of drug-likeness (QED) is 0.257. The second-order valence-electron chi connectivity index (χ2n) is 11.4. The minimum absolute atomic E-state index is 0.0168. The van der Waals surface area contributed by atoms with Gasteiger partial charge in [-0.05, 0) is 99.5 Å². The van der Waals surface area contributed by atoms with Gasteiger partial charge in [0.05, 0.1) is 6.61 Å². The Morgan fingerprint density at radius 2 is 1.41 bits per heavy atom. The Balaban J connectivity index is 1.23. The van der Waals surface area contributed by atoms with Crippen molar-refractivity contribution < 1.29 is 13.5 Å². The molecule has 190 valence electrons. The summed E-state index contributed by atoms with van der Waals surface area (Å²) in [5.74, 6) is 2.74. The number of halogens is 2. The van der Waals surface area contributed by atoms with Gasteiger partial charge < -0.3 is 4.74 Å². The molecule has 0 N–H and O–H groups in total. The number of hydrogen-bond donors (Lipinski definition) is 0. The summed E-state index contributed by atoms with van der Waals surface area (Å²) in [5, 5.41) is 0. The molecule has 0 aromatic heterocycles. The average Bonchev–Trinajstić information content (AvgIpc) is 2.88. The van der Waals surface area contributed by atoms with Crippen LogP contribution in [0.15, 0.2) is 24.3 Å². The van der Waals surface area contributed by atoms with Gasteiger partial charge in [-0.15, -0.1) is 0 Å². The molecule has 1 aromatic carbocycles. The molecule has 0 radical (unpaired) electrons. The standard InChI is InChI=1S/C31H46F2O/c1-3-5-6-7-22-8-10-23(11-9-22)24-12-14-25(15-13-24)26-16-18-27(19-17-26)28-20-21-29(34-4-2)31(33)30(28)32/h16,18,20-27H,3-15,17,19H2,1-2H3. The van der Waals surface area contributed by atoms with E-state index in [2.05, 4.69) is 19.1 Å². The van der Waals surface area contributed by atoms with Gasteiger partial charge in [0, 0.05) is 5.92 Å². The lowest BCUT2D eigenvalue weighted by Gasteiger charge is -2.40. The Morgan fingerprint density at radius 3 is 2.03 bits per heavy atom. The third-order valence-corrected chi connectivity index (χ3v) is 9.37. The monoisotopic (exact) mass is 472 g/mol. The Bertz CT molecular complexity index is 787. The zero-order valence-electron chi connectivity index (χ0n) is 21.5. The minimum Gasteiger partial charge on any atom is -0.491 e. The predicted molar refractivity (Wildman–Crippen MR) is 137 cm³/mol. The van der Waals surface area contributed by atoms with Crippen LogP contribution in [0.1, 0.15) is 115 Å². The number of ether oxygens (including phenoxy) is 1. The molecule has 0 aliphatic heterocycles. The maximum atomic E-state index is 14.7. The number of rotatable bonds is 9. The Kier molecular flexibility index (Phi) is 9.48. The van der Waals surface area contributed by atoms with Gasteiger partial charge in [0.2, 0.25) is 5.82 Å². The largest absolute Gasteiger partial charge is 0.491 e. The van der Waals surface area contributed by atoms with Crippen molar-refractivity contribution in [1.82, 2.24) is 0 Å². The van der Waals surface area contributed by atoms with Gasteiger partial charge in [-0.2, -0.15) is 4.39 Å². The topological polar surface area (TPSA) is 9.23 Å². The van der Waals surface area contributed by atoms with Crippen LogP contribution in [-0.2, 0) is 0 Å². The molecule has 0 spiro atoms. The van der Waals surface area contributed by atoms with Crippen LogP contribution in [0, 0.1) is 41.2 Å². The molecule has 1 nitrogen and oxygen atoms in total. The Labute approximate surface area is 206 Å². The van der Waals surface area contributed by atoms with Gasteiger partial charge in [0.25, 0.3) is 0 Å². The van der Waals surface area contributed by atoms with E-state index in [0.717, 1.165) is 36.5 Å². The molecule has 4 rings (SSSR count). The van der Waals surface area contributed by atoms with E-state index in [1.165, 1.54) is 77.0 Å². The van der Waals surface area contributed by atoms with E-state index >= 15 is 0 Å². The molecule has 2 fully saturated rings. The van der Waals surface area contributed by atoms with Crippen molar-refractivity contribution >= 4 is 0 Å². The van der Waals surface area contributed by atoms with Crippen molar-refractivity contribution in [2.75, 3.05) is 6.61 Å². The normalized spacial score (nSPS) is 32.0. The molecule has 2 unspecified atom stereocenters. The average molecular weight is 473 g/mol. The number of benzene rings is 1. The molecule has 2 saturated carbocycles. The molecule has 3 aliphatic carbocycles. The number of hydrogen-bond acceptors (Lipinski definition) is 1. The fraction of sp³-hybridized carbons (Fsp3) is 0.742. The summed E-state index contributed by atoms with van der Waals surface area (Å²) in [6, 6.07) is 3.29. The maximum Gasteiger partial charge on any atom is 0.200 e. The molecule has 2 atom stereocenters. The molecule has 3 heteroatoms. The van der Waals surface area contributed by atoms with Gasteiger partial charge >= 0.3 is 0 Å². The van der Waals surface area contributed by atoms with E-state index < -0.39 is 11.6 Å². The van der Waals surface area contributed by atoms with Crippen molar-refractivity contribution in [2.45, 2.75) is 110 Å². The van der Waals surface area contributed by atoms with Crippen LogP contribution in [-0.4, -0.2) is 6.61 Å². The van der Waals surface area contributed by atoms with Gasteiger partial charge in [0.1, 0.15) is 0 Å². The van der Waals surface area contributed by atoms with Gasteiger partial charge in [-0.3, -0.25) is 0 Å². The van der Waals surface area contributed by atoms with Crippen LogP contribution in [0.25, 0.3) is 0 Å². The van der Waals surface area contributed by atoms with E-state index in [0.29, 0.717) is 18.1 Å². The molecule has 0 amide bonds. The van der Waals surface area contributed by atoms with E-state index in [1.54, 1.807) is 19.1 Å². The van der Waals surface area contributed by atoms with Gasteiger partial charge in [-0.1, -0.05) is 63.7 Å². The zero-order valence-corrected chi connectivity index (χ0v) is 21.5.